The van der Waals surface area contributed by atoms with Crippen LogP contribution in [0.3, 0.4) is 0 Å². The van der Waals surface area contributed by atoms with Gasteiger partial charge in [-0.1, -0.05) is 18.2 Å². The van der Waals surface area contributed by atoms with E-state index in [2.05, 4.69) is 4.72 Å². The molecule has 0 spiro atoms. The van der Waals surface area contributed by atoms with Gasteiger partial charge in [0.05, 0.1) is 24.0 Å². The van der Waals surface area contributed by atoms with Gasteiger partial charge in [0.2, 0.25) is 10.0 Å². The summed E-state index contributed by atoms with van der Waals surface area (Å²) >= 11 is 0. The molecule has 1 unspecified atom stereocenters. The summed E-state index contributed by atoms with van der Waals surface area (Å²) in [6.45, 7) is 1.71. The van der Waals surface area contributed by atoms with Gasteiger partial charge in [0.15, 0.2) is 0 Å². The largest absolute Gasteiger partial charge is 0.381 e. The second kappa shape index (κ2) is 6.15. The molecule has 5 nitrogen and oxygen atoms in total. The van der Waals surface area contributed by atoms with Crippen LogP contribution in [0.25, 0.3) is 0 Å². The first-order valence-electron chi connectivity index (χ1n) is 6.14. The molecule has 1 saturated heterocycles. The Morgan fingerprint density at radius 3 is 2.89 bits per heavy atom. The highest BCUT2D eigenvalue weighted by molar-refractivity contribution is 7.88. The lowest BCUT2D eigenvalue weighted by atomic mass is 10.1. The van der Waals surface area contributed by atoms with Gasteiger partial charge in [-0.05, 0) is 24.0 Å². The van der Waals surface area contributed by atoms with Gasteiger partial charge in [0.25, 0.3) is 0 Å². The number of rotatable bonds is 5. The van der Waals surface area contributed by atoms with E-state index in [4.69, 9.17) is 10.00 Å². The number of ether oxygens (including phenoxy) is 1. The average molecular weight is 280 g/mol. The van der Waals surface area contributed by atoms with Crippen LogP contribution in [0.4, 0.5) is 0 Å². The topological polar surface area (TPSA) is 79.2 Å². The fourth-order valence-corrected chi connectivity index (χ4v) is 3.25. The normalized spacial score (nSPS) is 19.2. The fourth-order valence-electron chi connectivity index (χ4n) is 2.00. The van der Waals surface area contributed by atoms with E-state index >= 15 is 0 Å². The van der Waals surface area contributed by atoms with Gasteiger partial charge in [0, 0.05) is 13.2 Å². The van der Waals surface area contributed by atoms with Crippen LogP contribution in [0.2, 0.25) is 0 Å². The summed E-state index contributed by atoms with van der Waals surface area (Å²) in [5, 5.41) is 8.94. The van der Waals surface area contributed by atoms with E-state index < -0.39 is 10.0 Å². The van der Waals surface area contributed by atoms with Crippen LogP contribution >= 0.6 is 0 Å². The van der Waals surface area contributed by atoms with Crippen LogP contribution in [0.15, 0.2) is 24.3 Å². The van der Waals surface area contributed by atoms with E-state index in [1.54, 1.807) is 24.3 Å². The summed E-state index contributed by atoms with van der Waals surface area (Å²) < 4.78 is 31.7. The third-order valence-corrected chi connectivity index (χ3v) is 4.40. The lowest BCUT2D eigenvalue weighted by molar-refractivity contribution is 0.186. The van der Waals surface area contributed by atoms with E-state index in [-0.39, 0.29) is 11.7 Å². The minimum absolute atomic E-state index is 0.162. The molecular weight excluding hydrogens is 264 g/mol. The Morgan fingerprint density at radius 1 is 1.42 bits per heavy atom. The van der Waals surface area contributed by atoms with E-state index in [1.165, 1.54) is 0 Å². The molecule has 1 fully saturated rings. The fraction of sp³-hybridized carbons (Fsp3) is 0.462. The Balaban J connectivity index is 1.98. The molecule has 1 aliphatic heterocycles. The molecule has 6 heteroatoms. The molecule has 0 bridgehead atoms. The Hall–Kier alpha value is -1.42. The summed E-state index contributed by atoms with van der Waals surface area (Å²) in [4.78, 5) is 0. The molecule has 0 aliphatic carbocycles. The Kier molecular flexibility index (Phi) is 4.53. The van der Waals surface area contributed by atoms with Crippen LogP contribution < -0.4 is 4.72 Å². The SMILES string of the molecule is N#Cc1ccccc1CS(=O)(=O)NCC1CCOC1. The summed E-state index contributed by atoms with van der Waals surface area (Å²) in [5.41, 5.74) is 0.928. The average Bonchev–Trinajstić information content (AvgIpc) is 2.90. The first-order chi connectivity index (χ1) is 9.11. The number of benzene rings is 1. The minimum Gasteiger partial charge on any atom is -0.381 e. The number of hydrogen-bond acceptors (Lipinski definition) is 4. The van der Waals surface area contributed by atoms with Crippen molar-refractivity contribution in [2.75, 3.05) is 19.8 Å². The predicted molar refractivity (Wildman–Crippen MR) is 70.7 cm³/mol. The summed E-state index contributed by atoms with van der Waals surface area (Å²) in [7, 11) is -3.41. The molecule has 1 heterocycles. The second-order valence-corrected chi connectivity index (χ2v) is 6.41. The van der Waals surface area contributed by atoms with Gasteiger partial charge in [-0.3, -0.25) is 0 Å². The zero-order valence-electron chi connectivity index (χ0n) is 10.5. The Bertz CT molecular complexity index is 572. The summed E-state index contributed by atoms with van der Waals surface area (Å²) in [6.07, 6.45) is 0.886. The highest BCUT2D eigenvalue weighted by atomic mass is 32.2. The van der Waals surface area contributed by atoms with Gasteiger partial charge in [0.1, 0.15) is 0 Å². The van der Waals surface area contributed by atoms with Crippen LogP contribution in [0.1, 0.15) is 17.5 Å². The summed E-state index contributed by atoms with van der Waals surface area (Å²) in [6, 6.07) is 8.74. The van der Waals surface area contributed by atoms with E-state index in [9.17, 15) is 8.42 Å². The van der Waals surface area contributed by atoms with Crippen molar-refractivity contribution in [3.8, 4) is 6.07 Å². The second-order valence-electron chi connectivity index (χ2n) is 4.61. The van der Waals surface area contributed by atoms with Gasteiger partial charge in [-0.25, -0.2) is 13.1 Å². The van der Waals surface area contributed by atoms with Crippen molar-refractivity contribution >= 4 is 10.0 Å². The zero-order chi connectivity index (χ0) is 13.7. The highest BCUT2D eigenvalue weighted by Crippen LogP contribution is 2.13. The van der Waals surface area contributed by atoms with Gasteiger partial charge >= 0.3 is 0 Å². The van der Waals surface area contributed by atoms with Crippen molar-refractivity contribution in [3.05, 3.63) is 35.4 Å². The maximum absolute atomic E-state index is 12.0. The van der Waals surface area contributed by atoms with Crippen molar-refractivity contribution in [3.63, 3.8) is 0 Å². The highest BCUT2D eigenvalue weighted by Gasteiger charge is 2.19. The van der Waals surface area contributed by atoms with Crippen molar-refractivity contribution < 1.29 is 13.2 Å². The van der Waals surface area contributed by atoms with E-state index in [0.29, 0.717) is 30.9 Å². The third kappa shape index (κ3) is 4.03. The van der Waals surface area contributed by atoms with Crippen LogP contribution in [-0.2, 0) is 20.5 Å². The Morgan fingerprint density at radius 2 is 2.21 bits per heavy atom. The monoisotopic (exact) mass is 280 g/mol. The molecular formula is C13H16N2O3S. The lowest BCUT2D eigenvalue weighted by Crippen LogP contribution is -2.30. The predicted octanol–water partition coefficient (Wildman–Crippen LogP) is 1.01. The molecule has 1 aliphatic rings. The molecule has 0 amide bonds. The zero-order valence-corrected chi connectivity index (χ0v) is 11.3. The van der Waals surface area contributed by atoms with E-state index in [0.717, 1.165) is 6.42 Å². The molecule has 1 aromatic carbocycles. The number of nitriles is 1. The molecule has 102 valence electrons. The van der Waals surface area contributed by atoms with Crippen molar-refractivity contribution in [2.24, 2.45) is 5.92 Å². The van der Waals surface area contributed by atoms with Crippen LogP contribution in [0, 0.1) is 17.2 Å². The maximum Gasteiger partial charge on any atom is 0.215 e. The molecule has 1 atom stereocenters. The van der Waals surface area contributed by atoms with Gasteiger partial charge in [-0.2, -0.15) is 5.26 Å². The lowest BCUT2D eigenvalue weighted by Gasteiger charge is -2.10. The third-order valence-electron chi connectivity index (χ3n) is 3.10. The Labute approximate surface area is 113 Å². The molecule has 1 N–H and O–H groups in total. The molecule has 0 aromatic heterocycles. The first kappa shape index (κ1) is 14.0. The van der Waals surface area contributed by atoms with Crippen LogP contribution in [-0.4, -0.2) is 28.2 Å². The van der Waals surface area contributed by atoms with Crippen molar-refractivity contribution in [1.29, 1.82) is 5.26 Å². The van der Waals surface area contributed by atoms with Crippen molar-refractivity contribution in [1.82, 2.24) is 4.72 Å². The summed E-state index contributed by atoms with van der Waals surface area (Å²) in [5.74, 6) is 0.0885. The molecule has 19 heavy (non-hydrogen) atoms. The maximum atomic E-state index is 12.0. The molecule has 2 rings (SSSR count). The molecule has 0 saturated carbocycles. The van der Waals surface area contributed by atoms with Crippen LogP contribution in [0.5, 0.6) is 0 Å². The minimum atomic E-state index is -3.41. The van der Waals surface area contributed by atoms with Gasteiger partial charge < -0.3 is 4.74 Å². The van der Waals surface area contributed by atoms with E-state index in [1.807, 2.05) is 6.07 Å². The number of nitrogens with zero attached hydrogens (tertiary/aromatic N) is 1. The quantitative estimate of drug-likeness (QED) is 0.873. The van der Waals surface area contributed by atoms with Crippen molar-refractivity contribution in [2.45, 2.75) is 12.2 Å². The standard InChI is InChI=1S/C13H16N2O3S/c14-7-12-3-1-2-4-13(12)10-19(16,17)15-8-11-5-6-18-9-11/h1-4,11,15H,5-6,8-10H2. The molecule has 0 radical (unpaired) electrons. The smallest absolute Gasteiger partial charge is 0.215 e. The first-order valence-corrected chi connectivity index (χ1v) is 7.79. The van der Waals surface area contributed by atoms with Gasteiger partial charge in [-0.15, -0.1) is 0 Å². The number of hydrogen-bond donors (Lipinski definition) is 1. The number of nitrogens with one attached hydrogen (secondary N) is 1. The number of sulfonamides is 1. The molecule has 1 aromatic rings.